The summed E-state index contributed by atoms with van der Waals surface area (Å²) in [7, 11) is 0. The number of hydrogen-bond donors (Lipinski definition) is 9. The largest absolute Gasteiger partial charge is 0.479 e. The maximum Gasteiger partial charge on any atom is 0.335 e. The Kier molecular flexibility index (Phi) is 23.1. The Bertz CT molecular complexity index is 2000. The highest BCUT2D eigenvalue weighted by Crippen LogP contribution is 2.29. The third-order valence-electron chi connectivity index (χ3n) is 11.9. The minimum atomic E-state index is -1.95. The molecule has 23 heteroatoms. The van der Waals surface area contributed by atoms with Gasteiger partial charge in [-0.15, -0.1) is 0 Å². The lowest BCUT2D eigenvalue weighted by Crippen LogP contribution is -2.61. The molecule has 72 heavy (non-hydrogen) atoms. The third-order valence-corrected chi connectivity index (χ3v) is 11.9. The van der Waals surface area contributed by atoms with Crippen molar-refractivity contribution >= 4 is 41.5 Å². The highest BCUT2D eigenvalue weighted by molar-refractivity contribution is 5.88. The average molecular weight is 1020 g/mol. The fourth-order valence-corrected chi connectivity index (χ4v) is 7.98. The van der Waals surface area contributed by atoms with Crippen LogP contribution in [-0.2, 0) is 75.1 Å². The molecule has 0 bridgehead atoms. The van der Waals surface area contributed by atoms with Crippen molar-refractivity contribution in [2.24, 2.45) is 5.92 Å². The van der Waals surface area contributed by atoms with E-state index in [-0.39, 0.29) is 125 Å². The summed E-state index contributed by atoms with van der Waals surface area (Å²) < 4.78 is 39.9. The first kappa shape index (κ1) is 59.6. The zero-order chi connectivity index (χ0) is 53.3. The normalized spacial score (nSPS) is 24.4. The van der Waals surface area contributed by atoms with Crippen LogP contribution in [0.5, 0.6) is 5.75 Å². The predicted molar refractivity (Wildman–Crippen MR) is 254 cm³/mol. The molecule has 0 radical (unpaired) electrons. The first-order valence-corrected chi connectivity index (χ1v) is 24.7. The van der Waals surface area contributed by atoms with Crippen molar-refractivity contribution in [1.82, 2.24) is 26.6 Å². The molecule has 1 aromatic rings. The van der Waals surface area contributed by atoms with Gasteiger partial charge in [-0.05, 0) is 77.5 Å². The molecule has 5 amide bonds. The fraction of sp³-hybridized carbons (Fsp3) is 0.735. The lowest BCUT2D eigenvalue weighted by Gasteiger charge is -2.38. The van der Waals surface area contributed by atoms with Crippen LogP contribution in [0.25, 0.3) is 0 Å². The number of aliphatic hydroxyl groups excluding tert-OH is 3. The SMILES string of the molecule is CCC(=O)OCc1ccc(O[C@@H]2O[C@H](C(=O)O)[C@@H](O)[C@H](O)[C@H]2O)c(CNC(=O)CCNC(=O)[C@H](CCCC(=O)N[C@H]2CO[C@H]3[C@@H]2OC[C@@H]3NC(=O)CCOC(C)(C)CCOC(C)(C)C)NC(=O)CC(C)C)c1. The van der Waals surface area contributed by atoms with Gasteiger partial charge in [-0.2, -0.15) is 0 Å². The summed E-state index contributed by atoms with van der Waals surface area (Å²) in [6.07, 6.45) is -9.11. The summed E-state index contributed by atoms with van der Waals surface area (Å²) >= 11 is 0. The van der Waals surface area contributed by atoms with Crippen LogP contribution in [0, 0.1) is 5.92 Å². The zero-order valence-corrected chi connectivity index (χ0v) is 42.7. The highest BCUT2D eigenvalue weighted by Gasteiger charge is 2.49. The predicted octanol–water partition coefficient (Wildman–Crippen LogP) is 0.392. The van der Waals surface area contributed by atoms with E-state index in [0.29, 0.717) is 18.6 Å². The monoisotopic (exact) mass is 1020 g/mol. The molecule has 23 nitrogen and oxygen atoms in total. The van der Waals surface area contributed by atoms with Crippen LogP contribution in [0.2, 0.25) is 0 Å². The second kappa shape index (κ2) is 27.9. The Morgan fingerprint density at radius 1 is 0.792 bits per heavy atom. The summed E-state index contributed by atoms with van der Waals surface area (Å²) in [6.45, 7) is 15.9. The molecule has 4 rings (SSSR count). The Hall–Kier alpha value is -5.01. The van der Waals surface area contributed by atoms with Crippen LogP contribution in [-0.4, -0.2) is 167 Å². The van der Waals surface area contributed by atoms with Crippen LogP contribution in [0.3, 0.4) is 0 Å². The van der Waals surface area contributed by atoms with Crippen LogP contribution in [0.1, 0.15) is 118 Å². The third kappa shape index (κ3) is 19.4. The molecule has 3 aliphatic rings. The van der Waals surface area contributed by atoms with Crippen LogP contribution in [0.15, 0.2) is 18.2 Å². The lowest BCUT2D eigenvalue weighted by atomic mass is 9.99. The molecule has 406 valence electrons. The number of benzene rings is 1. The number of rotatable bonds is 28. The molecule has 9 N–H and O–H groups in total. The van der Waals surface area contributed by atoms with Crippen LogP contribution in [0.4, 0.5) is 0 Å². The number of carbonyl (C=O) groups is 7. The van der Waals surface area contributed by atoms with Crippen molar-refractivity contribution in [3.63, 3.8) is 0 Å². The van der Waals surface area contributed by atoms with Gasteiger partial charge in [0.25, 0.3) is 0 Å². The molecular weight excluding hydrogens is 947 g/mol. The molecule has 0 spiro atoms. The number of hydrogen-bond acceptors (Lipinski definition) is 17. The van der Waals surface area contributed by atoms with Gasteiger partial charge in [-0.25, -0.2) is 4.79 Å². The quantitative estimate of drug-likeness (QED) is 0.0513. The Labute approximate surface area is 420 Å². The Balaban J connectivity index is 1.25. The minimum absolute atomic E-state index is 0.00126. The van der Waals surface area contributed by atoms with Gasteiger partial charge in [0.05, 0.1) is 43.1 Å². The maximum atomic E-state index is 13.4. The van der Waals surface area contributed by atoms with Crippen LogP contribution >= 0.6 is 0 Å². The van der Waals surface area contributed by atoms with Gasteiger partial charge >= 0.3 is 11.9 Å². The summed E-state index contributed by atoms with van der Waals surface area (Å²) in [5, 5.41) is 54.4. The number of aliphatic carboxylic acids is 1. The number of carboxylic acids is 1. The molecule has 0 unspecified atom stereocenters. The van der Waals surface area contributed by atoms with Gasteiger partial charge in [0.15, 0.2) is 6.10 Å². The zero-order valence-electron chi connectivity index (χ0n) is 42.7. The average Bonchev–Trinajstić information content (AvgIpc) is 3.89. The van der Waals surface area contributed by atoms with E-state index < -0.39 is 90.4 Å². The van der Waals surface area contributed by atoms with E-state index in [0.717, 1.165) is 0 Å². The van der Waals surface area contributed by atoms with E-state index in [1.54, 1.807) is 6.92 Å². The van der Waals surface area contributed by atoms with Crippen molar-refractivity contribution in [2.45, 2.75) is 192 Å². The number of carboxylic acid groups (broad SMARTS) is 1. The van der Waals surface area contributed by atoms with Crippen molar-refractivity contribution in [3.8, 4) is 5.75 Å². The maximum absolute atomic E-state index is 13.4. The number of amides is 5. The lowest BCUT2D eigenvalue weighted by molar-refractivity contribution is -0.271. The number of nitrogens with one attached hydrogen (secondary N) is 5. The Morgan fingerprint density at radius 2 is 1.44 bits per heavy atom. The van der Waals surface area contributed by atoms with Crippen molar-refractivity contribution in [2.75, 3.05) is 33.0 Å². The van der Waals surface area contributed by atoms with E-state index >= 15 is 0 Å². The van der Waals surface area contributed by atoms with Gasteiger partial charge in [0.1, 0.15) is 48.9 Å². The van der Waals surface area contributed by atoms with Crippen molar-refractivity contribution < 1.29 is 87.1 Å². The van der Waals surface area contributed by atoms with Gasteiger partial charge < -0.3 is 80.2 Å². The number of carbonyl (C=O) groups excluding carboxylic acids is 6. The first-order chi connectivity index (χ1) is 33.9. The summed E-state index contributed by atoms with van der Waals surface area (Å²) in [5.41, 5.74) is 0.0425. The number of ether oxygens (including phenoxy) is 7. The molecule has 3 heterocycles. The smallest absolute Gasteiger partial charge is 0.335 e. The first-order valence-electron chi connectivity index (χ1n) is 24.7. The number of esters is 1. The van der Waals surface area contributed by atoms with E-state index in [4.69, 9.17) is 33.2 Å². The van der Waals surface area contributed by atoms with E-state index in [9.17, 15) is 54.0 Å². The molecule has 3 fully saturated rings. The number of fused-ring (bicyclic) bond motifs is 1. The molecule has 10 atom stereocenters. The minimum Gasteiger partial charge on any atom is -0.479 e. The van der Waals surface area contributed by atoms with Gasteiger partial charge in [0, 0.05) is 57.4 Å². The topological polar surface area (TPSA) is 325 Å². The van der Waals surface area contributed by atoms with E-state index in [2.05, 4.69) is 26.6 Å². The fourth-order valence-electron chi connectivity index (χ4n) is 7.98. The van der Waals surface area contributed by atoms with Crippen molar-refractivity contribution in [1.29, 1.82) is 0 Å². The highest BCUT2D eigenvalue weighted by atomic mass is 16.7. The molecule has 1 aromatic carbocycles. The molecule has 3 saturated heterocycles. The summed E-state index contributed by atoms with van der Waals surface area (Å²) in [6, 6.07) is 2.57. The second-order valence-electron chi connectivity index (χ2n) is 20.3. The van der Waals surface area contributed by atoms with Crippen molar-refractivity contribution in [3.05, 3.63) is 29.3 Å². The van der Waals surface area contributed by atoms with Gasteiger partial charge in [-0.1, -0.05) is 26.8 Å². The molecular formula is C49H77N5O18. The standard InChI is InChI=1S/C49H77N5O18/c1-9-38(59)66-24-28-13-14-33(71-47-41(62)39(60)40(61)44(72-47)46(64)65)29(22-28)23-51-34(55)15-18-50-45(63)30(52-37(58)21-27(2)3)11-10-12-35(56)53-31-25-67-43-32(26-68-42(31)43)54-36(57)16-19-70-49(7,8)17-20-69-48(4,5)6/h13-14,22,27,30-32,39-44,47,60-62H,9-12,15-21,23-26H2,1-8H3,(H,50,63)(H,51,55)(H,52,58)(H,53,56)(H,54,57)(H,64,65)/t30-,31-,32-,39-,40-,41+,42+,43+,44-,47+/m0/s1. The second-order valence-corrected chi connectivity index (χ2v) is 20.3. The van der Waals surface area contributed by atoms with E-state index in [1.165, 1.54) is 18.2 Å². The number of aliphatic hydroxyl groups is 3. The molecule has 0 saturated carbocycles. The Morgan fingerprint density at radius 3 is 2.06 bits per heavy atom. The summed E-state index contributed by atoms with van der Waals surface area (Å²) in [5.74, 6) is -4.05. The van der Waals surface area contributed by atoms with Crippen LogP contribution < -0.4 is 31.3 Å². The molecule has 0 aliphatic carbocycles. The van der Waals surface area contributed by atoms with Gasteiger partial charge in [-0.3, -0.25) is 28.8 Å². The molecule has 0 aromatic heterocycles. The van der Waals surface area contributed by atoms with Gasteiger partial charge in [0.2, 0.25) is 35.8 Å². The summed E-state index contributed by atoms with van der Waals surface area (Å²) in [4.78, 5) is 88.7. The molecule has 3 aliphatic heterocycles. The van der Waals surface area contributed by atoms with E-state index in [1.807, 2.05) is 48.5 Å².